The van der Waals surface area contributed by atoms with Gasteiger partial charge in [0.2, 0.25) is 11.8 Å². The quantitative estimate of drug-likeness (QED) is 0.665. The number of hydrogen-bond donors (Lipinski definition) is 2. The number of nitrogens with one attached hydrogen (secondary N) is 1. The Morgan fingerprint density at radius 2 is 1.87 bits per heavy atom. The SMILES string of the molecule is CC(O)CCC(=O)NC(C)C(=O)N(C)C. The highest BCUT2D eigenvalue weighted by molar-refractivity contribution is 5.86. The van der Waals surface area contributed by atoms with Crippen molar-refractivity contribution in [3.05, 3.63) is 0 Å². The van der Waals surface area contributed by atoms with Crippen LogP contribution in [0.2, 0.25) is 0 Å². The first kappa shape index (κ1) is 13.9. The zero-order valence-electron chi connectivity index (χ0n) is 9.78. The lowest BCUT2D eigenvalue weighted by atomic mass is 10.2. The van der Waals surface area contributed by atoms with Crippen molar-refractivity contribution in [2.45, 2.75) is 38.8 Å². The molecular formula is C10H20N2O3. The molecule has 5 nitrogen and oxygen atoms in total. The maximum absolute atomic E-state index is 11.4. The normalized spacial score (nSPS) is 14.2. The molecule has 0 heterocycles. The first-order chi connectivity index (χ1) is 6.84. The molecule has 0 aliphatic heterocycles. The van der Waals surface area contributed by atoms with Crippen LogP contribution in [-0.4, -0.2) is 48.1 Å². The first-order valence-corrected chi connectivity index (χ1v) is 5.03. The van der Waals surface area contributed by atoms with E-state index in [1.165, 1.54) is 4.90 Å². The van der Waals surface area contributed by atoms with Gasteiger partial charge in [0.15, 0.2) is 0 Å². The van der Waals surface area contributed by atoms with Crippen molar-refractivity contribution in [2.24, 2.45) is 0 Å². The molecule has 2 amide bonds. The lowest BCUT2D eigenvalue weighted by molar-refractivity contribution is -0.134. The fraction of sp³-hybridized carbons (Fsp3) is 0.800. The minimum Gasteiger partial charge on any atom is -0.393 e. The van der Waals surface area contributed by atoms with Crippen molar-refractivity contribution in [1.82, 2.24) is 10.2 Å². The van der Waals surface area contributed by atoms with E-state index in [2.05, 4.69) is 5.32 Å². The van der Waals surface area contributed by atoms with Gasteiger partial charge in [-0.25, -0.2) is 0 Å². The molecule has 0 fully saturated rings. The molecule has 88 valence electrons. The molecule has 0 bridgehead atoms. The third-order valence-corrected chi connectivity index (χ3v) is 1.98. The Morgan fingerprint density at radius 3 is 2.27 bits per heavy atom. The Balaban J connectivity index is 3.91. The number of nitrogens with zero attached hydrogens (tertiary/aromatic N) is 1. The molecule has 0 aliphatic rings. The lowest BCUT2D eigenvalue weighted by Crippen LogP contribution is -2.44. The number of rotatable bonds is 5. The van der Waals surface area contributed by atoms with Crippen LogP contribution in [0.4, 0.5) is 0 Å². The molecule has 0 aromatic carbocycles. The van der Waals surface area contributed by atoms with E-state index < -0.39 is 12.1 Å². The summed E-state index contributed by atoms with van der Waals surface area (Å²) in [6.45, 7) is 3.27. The molecule has 0 rings (SSSR count). The van der Waals surface area contributed by atoms with Gasteiger partial charge in [-0.3, -0.25) is 9.59 Å². The van der Waals surface area contributed by atoms with Gasteiger partial charge in [-0.05, 0) is 20.3 Å². The molecular weight excluding hydrogens is 196 g/mol. The summed E-state index contributed by atoms with van der Waals surface area (Å²) in [6, 6.07) is -0.513. The average Bonchev–Trinajstić information content (AvgIpc) is 2.13. The van der Waals surface area contributed by atoms with E-state index in [4.69, 9.17) is 5.11 Å². The maximum atomic E-state index is 11.4. The van der Waals surface area contributed by atoms with Crippen LogP contribution in [0.5, 0.6) is 0 Å². The Morgan fingerprint density at radius 1 is 1.33 bits per heavy atom. The molecule has 0 saturated carbocycles. The molecule has 2 N–H and O–H groups in total. The summed E-state index contributed by atoms with van der Waals surface area (Å²) in [6.07, 6.45) is 0.160. The van der Waals surface area contributed by atoms with E-state index >= 15 is 0 Å². The van der Waals surface area contributed by atoms with Gasteiger partial charge in [-0.2, -0.15) is 0 Å². The van der Waals surface area contributed by atoms with Crippen molar-refractivity contribution in [3.63, 3.8) is 0 Å². The van der Waals surface area contributed by atoms with Gasteiger partial charge in [-0.15, -0.1) is 0 Å². The van der Waals surface area contributed by atoms with Crippen LogP contribution >= 0.6 is 0 Å². The zero-order valence-corrected chi connectivity index (χ0v) is 9.78. The molecule has 0 aromatic rings. The summed E-state index contributed by atoms with van der Waals surface area (Å²) in [7, 11) is 3.28. The zero-order chi connectivity index (χ0) is 12.0. The largest absolute Gasteiger partial charge is 0.393 e. The second kappa shape index (κ2) is 6.40. The summed E-state index contributed by atoms with van der Waals surface area (Å²) < 4.78 is 0. The number of carbonyl (C=O) groups is 2. The number of aliphatic hydroxyl groups excluding tert-OH is 1. The maximum Gasteiger partial charge on any atom is 0.244 e. The molecule has 0 aromatic heterocycles. The summed E-state index contributed by atoms with van der Waals surface area (Å²) in [5.41, 5.74) is 0. The Hall–Kier alpha value is -1.10. The van der Waals surface area contributed by atoms with Crippen LogP contribution in [0.25, 0.3) is 0 Å². The monoisotopic (exact) mass is 216 g/mol. The van der Waals surface area contributed by atoms with Crippen LogP contribution in [0.3, 0.4) is 0 Å². The van der Waals surface area contributed by atoms with Gasteiger partial charge < -0.3 is 15.3 Å². The van der Waals surface area contributed by atoms with Gasteiger partial charge in [-0.1, -0.05) is 0 Å². The molecule has 2 unspecified atom stereocenters. The minimum atomic E-state index is -0.513. The molecule has 5 heteroatoms. The van der Waals surface area contributed by atoms with Gasteiger partial charge in [0.05, 0.1) is 6.10 Å². The van der Waals surface area contributed by atoms with Crippen molar-refractivity contribution in [3.8, 4) is 0 Å². The Bertz CT molecular complexity index is 227. The highest BCUT2D eigenvalue weighted by atomic mass is 16.3. The molecule has 15 heavy (non-hydrogen) atoms. The van der Waals surface area contributed by atoms with E-state index in [1.807, 2.05) is 0 Å². The lowest BCUT2D eigenvalue weighted by Gasteiger charge is -2.18. The topological polar surface area (TPSA) is 69.6 Å². The third-order valence-electron chi connectivity index (χ3n) is 1.98. The minimum absolute atomic E-state index is 0.139. The van der Waals surface area contributed by atoms with E-state index in [9.17, 15) is 9.59 Å². The van der Waals surface area contributed by atoms with Crippen molar-refractivity contribution in [1.29, 1.82) is 0 Å². The highest BCUT2D eigenvalue weighted by Crippen LogP contribution is 1.97. The fourth-order valence-corrected chi connectivity index (χ4v) is 1.10. The summed E-state index contributed by atoms with van der Waals surface area (Å²) in [5, 5.41) is 11.6. The van der Waals surface area contributed by atoms with Crippen molar-refractivity contribution in [2.75, 3.05) is 14.1 Å². The highest BCUT2D eigenvalue weighted by Gasteiger charge is 2.16. The van der Waals surface area contributed by atoms with Crippen LogP contribution in [0, 0.1) is 0 Å². The van der Waals surface area contributed by atoms with Crippen molar-refractivity contribution < 1.29 is 14.7 Å². The second-order valence-electron chi connectivity index (χ2n) is 3.91. The predicted molar refractivity (Wildman–Crippen MR) is 57.2 cm³/mol. The van der Waals surface area contributed by atoms with E-state index in [0.717, 1.165) is 0 Å². The van der Waals surface area contributed by atoms with E-state index in [-0.39, 0.29) is 18.2 Å². The number of amides is 2. The molecule has 0 saturated heterocycles. The van der Waals surface area contributed by atoms with Crippen LogP contribution in [-0.2, 0) is 9.59 Å². The predicted octanol–water partition coefficient (Wildman–Crippen LogP) is -0.260. The van der Waals surface area contributed by atoms with E-state index in [1.54, 1.807) is 27.9 Å². The number of hydrogen-bond acceptors (Lipinski definition) is 3. The molecule has 0 aliphatic carbocycles. The second-order valence-corrected chi connectivity index (χ2v) is 3.91. The Kier molecular flexibility index (Phi) is 5.93. The number of carbonyl (C=O) groups excluding carboxylic acids is 2. The van der Waals surface area contributed by atoms with Gasteiger partial charge in [0, 0.05) is 20.5 Å². The fourth-order valence-electron chi connectivity index (χ4n) is 1.10. The van der Waals surface area contributed by atoms with Crippen molar-refractivity contribution >= 4 is 11.8 Å². The first-order valence-electron chi connectivity index (χ1n) is 5.03. The smallest absolute Gasteiger partial charge is 0.244 e. The van der Waals surface area contributed by atoms with Gasteiger partial charge in [0.25, 0.3) is 0 Å². The average molecular weight is 216 g/mol. The summed E-state index contributed by atoms with van der Waals surface area (Å²) in [5.74, 6) is -0.348. The number of likely N-dealkylation sites (N-methyl/N-ethyl adjacent to an activating group) is 1. The van der Waals surface area contributed by atoms with Crippen LogP contribution < -0.4 is 5.32 Å². The molecule has 0 spiro atoms. The summed E-state index contributed by atoms with van der Waals surface area (Å²) in [4.78, 5) is 24.1. The third kappa shape index (κ3) is 6.06. The molecule has 2 atom stereocenters. The summed E-state index contributed by atoms with van der Waals surface area (Å²) >= 11 is 0. The van der Waals surface area contributed by atoms with E-state index in [0.29, 0.717) is 6.42 Å². The van der Waals surface area contributed by atoms with Crippen LogP contribution in [0.1, 0.15) is 26.7 Å². The number of aliphatic hydroxyl groups is 1. The standard InChI is InChI=1S/C10H20N2O3/c1-7(13)5-6-9(14)11-8(2)10(15)12(3)4/h7-8,13H,5-6H2,1-4H3,(H,11,14). The van der Waals surface area contributed by atoms with Crippen LogP contribution in [0.15, 0.2) is 0 Å². The molecule has 0 radical (unpaired) electrons. The Labute approximate surface area is 90.5 Å². The van der Waals surface area contributed by atoms with Gasteiger partial charge in [0.1, 0.15) is 6.04 Å². The van der Waals surface area contributed by atoms with Gasteiger partial charge >= 0.3 is 0 Å².